The quantitative estimate of drug-likeness (QED) is 0.414. The Labute approximate surface area is 183 Å². The highest BCUT2D eigenvalue weighted by Crippen LogP contribution is 2.42. The van der Waals surface area contributed by atoms with Gasteiger partial charge in [0.1, 0.15) is 5.82 Å². The summed E-state index contributed by atoms with van der Waals surface area (Å²) in [5.74, 6) is 1.53. The summed E-state index contributed by atoms with van der Waals surface area (Å²) in [5.41, 5.74) is 8.32. The first kappa shape index (κ1) is 19.1. The Balaban J connectivity index is 1.44. The van der Waals surface area contributed by atoms with Gasteiger partial charge in [-0.2, -0.15) is 0 Å². The predicted molar refractivity (Wildman–Crippen MR) is 113 cm³/mol. The Hall–Kier alpha value is -2.85. The molecule has 0 saturated carbocycles. The largest absolute Gasteiger partial charge is 0.454 e. The number of aromatic amines is 1. The summed E-state index contributed by atoms with van der Waals surface area (Å²) in [4.78, 5) is 13.2. The zero-order valence-electron chi connectivity index (χ0n) is 15.6. The van der Waals surface area contributed by atoms with E-state index in [0.717, 1.165) is 14.9 Å². The molecule has 4 aromatic rings. The van der Waals surface area contributed by atoms with Crippen molar-refractivity contribution in [3.8, 4) is 11.5 Å². The van der Waals surface area contributed by atoms with E-state index in [9.17, 15) is 4.39 Å². The Kier molecular flexibility index (Phi) is 4.95. The van der Waals surface area contributed by atoms with Crippen molar-refractivity contribution >= 4 is 44.7 Å². The third-order valence-electron chi connectivity index (χ3n) is 4.69. The molecule has 3 heterocycles. The number of H-pyrrole nitrogens is 1. The second-order valence-corrected chi connectivity index (χ2v) is 8.57. The lowest BCUT2D eigenvalue weighted by molar-refractivity contribution is -0.675. The molecule has 1 aliphatic rings. The van der Waals surface area contributed by atoms with Gasteiger partial charge in [0.2, 0.25) is 24.1 Å². The normalized spacial score (nSPS) is 12.6. The van der Waals surface area contributed by atoms with Gasteiger partial charge in [-0.3, -0.25) is 0 Å². The number of anilines is 1. The lowest BCUT2D eigenvalue weighted by Crippen LogP contribution is -2.36. The first-order valence-electron chi connectivity index (χ1n) is 9.12. The Morgan fingerprint density at radius 3 is 2.90 bits per heavy atom. The molecule has 30 heavy (non-hydrogen) atoms. The lowest BCUT2D eigenvalue weighted by atomic mass is 10.1. The van der Waals surface area contributed by atoms with Crippen molar-refractivity contribution < 1.29 is 18.4 Å². The van der Waals surface area contributed by atoms with Crippen LogP contribution in [0.2, 0.25) is 0 Å². The maximum atomic E-state index is 13.4. The number of ether oxygens (including phenoxy) is 2. The number of nitrogens with two attached hydrogens (primary N) is 1. The van der Waals surface area contributed by atoms with Gasteiger partial charge in [-0.1, -0.05) is 22.1 Å². The molecule has 0 unspecified atom stereocenters. The molecular formula is C20H16BrFN5O2S+. The van der Waals surface area contributed by atoms with Crippen LogP contribution >= 0.6 is 27.7 Å². The van der Waals surface area contributed by atoms with E-state index in [1.807, 2.05) is 22.8 Å². The van der Waals surface area contributed by atoms with Crippen LogP contribution < -0.4 is 19.8 Å². The minimum Gasteiger partial charge on any atom is -0.454 e. The molecular weight excluding hydrogens is 473 g/mol. The number of fused-ring (bicyclic) bond motifs is 2. The molecule has 2 aromatic heterocycles. The molecule has 2 aromatic carbocycles. The van der Waals surface area contributed by atoms with Crippen molar-refractivity contribution in [1.82, 2.24) is 15.0 Å². The average molecular weight is 489 g/mol. The molecule has 10 heteroatoms. The monoisotopic (exact) mass is 488 g/mol. The Morgan fingerprint density at radius 1 is 1.23 bits per heavy atom. The number of hydrogen-bond acceptors (Lipinski definition) is 6. The summed E-state index contributed by atoms with van der Waals surface area (Å²) in [5, 5.41) is 0.670. The SMILES string of the molecule is Nc1nc[n+](CCc2cccc(F)c2)c2nc(Sc3cc4c(cc3Br)OCO4)[nH]c12. The molecule has 0 amide bonds. The molecule has 0 radical (unpaired) electrons. The molecule has 3 N–H and O–H groups in total. The number of nitrogens with one attached hydrogen (secondary N) is 1. The maximum Gasteiger partial charge on any atom is 0.294 e. The summed E-state index contributed by atoms with van der Waals surface area (Å²) >= 11 is 5.01. The zero-order chi connectivity index (χ0) is 20.7. The Morgan fingerprint density at radius 2 is 2.07 bits per heavy atom. The molecule has 152 valence electrons. The van der Waals surface area contributed by atoms with Gasteiger partial charge in [0.15, 0.2) is 17.0 Å². The highest BCUT2D eigenvalue weighted by molar-refractivity contribution is 9.10. The molecule has 0 bridgehead atoms. The standard InChI is InChI=1S/C20H15BrFN5O2S/c21-13-7-14-15(29-10-28-14)8-16(13)30-20-25-17-18(23)24-9-27(19(17)26-20)5-4-11-2-1-3-12(22)6-11/h1-3,6-9H,4-5,10H2,(H2,23,25,26)/p+1. The highest BCUT2D eigenvalue weighted by Gasteiger charge is 2.22. The van der Waals surface area contributed by atoms with E-state index in [1.165, 1.54) is 23.9 Å². The summed E-state index contributed by atoms with van der Waals surface area (Å²) < 4.78 is 27.1. The van der Waals surface area contributed by atoms with Gasteiger partial charge >= 0.3 is 0 Å². The van der Waals surface area contributed by atoms with Gasteiger partial charge in [0.25, 0.3) is 5.65 Å². The molecule has 0 aliphatic carbocycles. The number of imidazole rings is 1. The number of nitrogens with zero attached hydrogens (tertiary/aromatic N) is 3. The molecule has 0 fully saturated rings. The summed E-state index contributed by atoms with van der Waals surface area (Å²) in [6.45, 7) is 0.809. The van der Waals surface area contributed by atoms with Gasteiger partial charge in [0.05, 0.1) is 6.54 Å². The fourth-order valence-electron chi connectivity index (χ4n) is 3.22. The fourth-order valence-corrected chi connectivity index (χ4v) is 4.60. The number of rotatable bonds is 5. The van der Waals surface area contributed by atoms with E-state index in [4.69, 9.17) is 20.2 Å². The van der Waals surface area contributed by atoms with Crippen molar-refractivity contribution in [2.24, 2.45) is 0 Å². The topological polar surface area (TPSA) is 89.9 Å². The summed E-state index contributed by atoms with van der Waals surface area (Å²) in [6.07, 6.45) is 2.30. The van der Waals surface area contributed by atoms with E-state index < -0.39 is 0 Å². The maximum absolute atomic E-state index is 13.4. The number of aromatic nitrogens is 4. The smallest absolute Gasteiger partial charge is 0.294 e. The van der Waals surface area contributed by atoms with Crippen LogP contribution in [0.1, 0.15) is 5.56 Å². The van der Waals surface area contributed by atoms with E-state index in [2.05, 4.69) is 25.9 Å². The number of benzene rings is 2. The van der Waals surface area contributed by atoms with Gasteiger partial charge in [-0.25, -0.2) is 8.96 Å². The highest BCUT2D eigenvalue weighted by atomic mass is 79.9. The van der Waals surface area contributed by atoms with Crippen molar-refractivity contribution in [1.29, 1.82) is 0 Å². The average Bonchev–Trinajstić information content (AvgIpc) is 3.35. The molecule has 0 spiro atoms. The van der Waals surface area contributed by atoms with Gasteiger partial charge in [-0.05, 0) is 57.5 Å². The van der Waals surface area contributed by atoms with Crippen molar-refractivity contribution in [3.63, 3.8) is 0 Å². The van der Waals surface area contributed by atoms with Crippen LogP contribution in [-0.4, -0.2) is 21.7 Å². The Bertz CT molecular complexity index is 1270. The van der Waals surface area contributed by atoms with Crippen LogP contribution in [0.4, 0.5) is 10.2 Å². The number of aryl methyl sites for hydroxylation is 2. The van der Waals surface area contributed by atoms with Gasteiger partial charge < -0.3 is 20.2 Å². The van der Waals surface area contributed by atoms with E-state index >= 15 is 0 Å². The second-order valence-electron chi connectivity index (χ2n) is 6.68. The van der Waals surface area contributed by atoms with Crippen molar-refractivity contribution in [2.75, 3.05) is 12.5 Å². The minimum absolute atomic E-state index is 0.216. The predicted octanol–water partition coefficient (Wildman–Crippen LogP) is 3.85. The van der Waals surface area contributed by atoms with E-state index in [1.54, 1.807) is 12.4 Å². The van der Waals surface area contributed by atoms with Crippen LogP contribution in [-0.2, 0) is 13.0 Å². The van der Waals surface area contributed by atoms with Crippen LogP contribution in [0.3, 0.4) is 0 Å². The molecule has 5 rings (SSSR count). The molecule has 0 atom stereocenters. The van der Waals surface area contributed by atoms with Crippen LogP contribution in [0.25, 0.3) is 11.2 Å². The van der Waals surface area contributed by atoms with Gasteiger partial charge in [0, 0.05) is 15.8 Å². The minimum atomic E-state index is -0.245. The van der Waals surface area contributed by atoms with Crippen LogP contribution in [0.5, 0.6) is 11.5 Å². The molecule has 1 aliphatic heterocycles. The van der Waals surface area contributed by atoms with Crippen LogP contribution in [0.15, 0.2) is 57.3 Å². The molecule has 0 saturated heterocycles. The number of hydrogen-bond donors (Lipinski definition) is 2. The summed E-state index contributed by atoms with van der Waals surface area (Å²) in [7, 11) is 0. The number of nitrogen functional groups attached to an aromatic ring is 1. The van der Waals surface area contributed by atoms with Gasteiger partial charge in [-0.15, -0.1) is 0 Å². The second kappa shape index (κ2) is 7.77. The first-order valence-corrected chi connectivity index (χ1v) is 10.7. The van der Waals surface area contributed by atoms with Crippen LogP contribution in [0, 0.1) is 5.82 Å². The third kappa shape index (κ3) is 3.68. The van der Waals surface area contributed by atoms with E-state index in [-0.39, 0.29) is 12.6 Å². The van der Waals surface area contributed by atoms with Crippen molar-refractivity contribution in [3.05, 3.63) is 58.6 Å². The first-order chi connectivity index (χ1) is 14.6. The molecule has 7 nitrogen and oxygen atoms in total. The third-order valence-corrected chi connectivity index (χ3v) is 6.55. The lowest BCUT2D eigenvalue weighted by Gasteiger charge is -2.03. The number of halogens is 2. The van der Waals surface area contributed by atoms with E-state index in [0.29, 0.717) is 46.6 Å². The summed E-state index contributed by atoms with van der Waals surface area (Å²) in [6, 6.07) is 10.4. The zero-order valence-corrected chi connectivity index (χ0v) is 18.0. The fraction of sp³-hybridized carbons (Fsp3) is 0.150. The van der Waals surface area contributed by atoms with Crippen molar-refractivity contribution in [2.45, 2.75) is 23.0 Å².